The highest BCUT2D eigenvalue weighted by Crippen LogP contribution is 2.31. The number of nitrogens with one attached hydrogen (secondary N) is 1. The highest BCUT2D eigenvalue weighted by Gasteiger charge is 2.30. The second-order valence-corrected chi connectivity index (χ2v) is 4.69. The molecule has 0 atom stereocenters. The lowest BCUT2D eigenvalue weighted by atomic mass is 9.78. The van der Waals surface area contributed by atoms with Crippen LogP contribution in [0.2, 0.25) is 0 Å². The van der Waals surface area contributed by atoms with Gasteiger partial charge in [0.15, 0.2) is 0 Å². The summed E-state index contributed by atoms with van der Waals surface area (Å²) in [5.74, 6) is 0. The summed E-state index contributed by atoms with van der Waals surface area (Å²) in [6.45, 7) is 5.53. The second-order valence-electron chi connectivity index (χ2n) is 4.69. The van der Waals surface area contributed by atoms with E-state index in [4.69, 9.17) is 0 Å². The van der Waals surface area contributed by atoms with E-state index in [1.807, 2.05) is 0 Å². The summed E-state index contributed by atoms with van der Waals surface area (Å²) in [7, 11) is 0. The van der Waals surface area contributed by atoms with Crippen LogP contribution < -0.4 is 5.32 Å². The van der Waals surface area contributed by atoms with Gasteiger partial charge in [-0.2, -0.15) is 0 Å². The molecule has 0 unspecified atom stereocenters. The Hall–Kier alpha value is -0.820. The van der Waals surface area contributed by atoms with Crippen molar-refractivity contribution < 1.29 is 0 Å². The van der Waals surface area contributed by atoms with E-state index in [-0.39, 0.29) is 0 Å². The third-order valence-electron chi connectivity index (χ3n) is 3.42. The number of aryl methyl sites for hydroxylation is 1. The predicted octanol–water partition coefficient (Wildman–Crippen LogP) is 3.03. The van der Waals surface area contributed by atoms with Crippen LogP contribution >= 0.6 is 0 Å². The van der Waals surface area contributed by atoms with E-state index in [1.54, 1.807) is 0 Å². The van der Waals surface area contributed by atoms with Gasteiger partial charge in [0, 0.05) is 12.1 Å². The van der Waals surface area contributed by atoms with Crippen LogP contribution in [0, 0.1) is 6.92 Å². The topological polar surface area (TPSA) is 12.0 Å². The lowest BCUT2D eigenvalue weighted by Crippen LogP contribution is -2.47. The van der Waals surface area contributed by atoms with Gasteiger partial charge in [-0.3, -0.25) is 0 Å². The van der Waals surface area contributed by atoms with Gasteiger partial charge in [-0.25, -0.2) is 0 Å². The van der Waals surface area contributed by atoms with Crippen molar-refractivity contribution in [3.8, 4) is 0 Å². The van der Waals surface area contributed by atoms with Crippen LogP contribution in [0.4, 0.5) is 0 Å². The summed E-state index contributed by atoms with van der Waals surface area (Å²) in [5, 5.41) is 3.65. The molecule has 1 aliphatic rings. The average molecular weight is 189 g/mol. The van der Waals surface area contributed by atoms with Crippen molar-refractivity contribution in [3.05, 3.63) is 35.4 Å². The molecule has 76 valence electrons. The van der Waals surface area contributed by atoms with Crippen LogP contribution in [0.3, 0.4) is 0 Å². The van der Waals surface area contributed by atoms with Crippen molar-refractivity contribution in [2.24, 2.45) is 0 Å². The van der Waals surface area contributed by atoms with Crippen molar-refractivity contribution >= 4 is 0 Å². The van der Waals surface area contributed by atoms with Crippen LogP contribution in [0.1, 0.15) is 37.3 Å². The Bertz CT molecular complexity index is 313. The van der Waals surface area contributed by atoms with Crippen LogP contribution in [0.15, 0.2) is 24.3 Å². The quantitative estimate of drug-likeness (QED) is 0.770. The standard InChI is InChI=1S/C13H19N/c1-11-6-3-4-7-12(11)10-14-13(2)8-5-9-13/h3-4,6-7,14H,5,8-10H2,1-2H3. The second kappa shape index (κ2) is 3.74. The first kappa shape index (κ1) is 9.72. The number of hydrogen-bond acceptors (Lipinski definition) is 1. The van der Waals surface area contributed by atoms with E-state index in [1.165, 1.54) is 30.4 Å². The molecule has 0 aromatic heterocycles. The van der Waals surface area contributed by atoms with Crippen molar-refractivity contribution in [2.45, 2.75) is 45.2 Å². The first-order chi connectivity index (χ1) is 6.70. The van der Waals surface area contributed by atoms with Gasteiger partial charge in [0.1, 0.15) is 0 Å². The molecule has 0 saturated heterocycles. The van der Waals surface area contributed by atoms with Crippen LogP contribution in [-0.4, -0.2) is 5.54 Å². The molecule has 1 N–H and O–H groups in total. The van der Waals surface area contributed by atoms with Crippen molar-refractivity contribution in [3.63, 3.8) is 0 Å². The highest BCUT2D eigenvalue weighted by molar-refractivity contribution is 5.25. The normalized spacial score (nSPS) is 19.0. The molecule has 1 heteroatoms. The maximum Gasteiger partial charge on any atom is 0.0213 e. The van der Waals surface area contributed by atoms with E-state index in [9.17, 15) is 0 Å². The first-order valence-electron chi connectivity index (χ1n) is 5.49. The van der Waals surface area contributed by atoms with Crippen molar-refractivity contribution in [2.75, 3.05) is 0 Å². The number of benzene rings is 1. The molecular formula is C13H19N. The Morgan fingerprint density at radius 3 is 2.57 bits per heavy atom. The van der Waals surface area contributed by atoms with Gasteiger partial charge in [-0.1, -0.05) is 24.3 Å². The third kappa shape index (κ3) is 1.98. The van der Waals surface area contributed by atoms with Gasteiger partial charge in [0.05, 0.1) is 0 Å². The summed E-state index contributed by atoms with van der Waals surface area (Å²) in [4.78, 5) is 0. The van der Waals surface area contributed by atoms with Gasteiger partial charge in [-0.05, 0) is 44.2 Å². The molecule has 0 heterocycles. The molecule has 14 heavy (non-hydrogen) atoms. The zero-order chi connectivity index (χ0) is 10.0. The van der Waals surface area contributed by atoms with Gasteiger partial charge < -0.3 is 5.32 Å². The largest absolute Gasteiger partial charge is 0.307 e. The minimum atomic E-state index is 0.419. The fraction of sp³-hybridized carbons (Fsp3) is 0.538. The molecule has 1 aromatic rings. The summed E-state index contributed by atoms with van der Waals surface area (Å²) in [6.07, 6.45) is 4.05. The van der Waals surface area contributed by atoms with E-state index in [0.29, 0.717) is 5.54 Å². The molecular weight excluding hydrogens is 170 g/mol. The molecule has 1 aliphatic carbocycles. The van der Waals surface area contributed by atoms with E-state index in [2.05, 4.69) is 43.4 Å². The minimum absolute atomic E-state index is 0.419. The molecule has 2 rings (SSSR count). The Labute approximate surface area is 86.5 Å². The molecule has 0 radical (unpaired) electrons. The van der Waals surface area contributed by atoms with Crippen LogP contribution in [0.25, 0.3) is 0 Å². The molecule has 0 aliphatic heterocycles. The highest BCUT2D eigenvalue weighted by atomic mass is 15.0. The Morgan fingerprint density at radius 1 is 1.29 bits per heavy atom. The first-order valence-corrected chi connectivity index (χ1v) is 5.49. The van der Waals surface area contributed by atoms with Crippen LogP contribution in [0.5, 0.6) is 0 Å². The summed E-state index contributed by atoms with van der Waals surface area (Å²) >= 11 is 0. The maximum absolute atomic E-state index is 3.65. The Balaban J connectivity index is 1.95. The van der Waals surface area contributed by atoms with Gasteiger partial charge in [-0.15, -0.1) is 0 Å². The Morgan fingerprint density at radius 2 is 2.00 bits per heavy atom. The molecule has 0 spiro atoms. The maximum atomic E-state index is 3.65. The van der Waals surface area contributed by atoms with E-state index < -0.39 is 0 Å². The molecule has 1 fully saturated rings. The predicted molar refractivity (Wildman–Crippen MR) is 60.3 cm³/mol. The number of rotatable bonds is 3. The molecule has 1 nitrogen and oxygen atoms in total. The van der Waals surface area contributed by atoms with Crippen LogP contribution in [-0.2, 0) is 6.54 Å². The monoisotopic (exact) mass is 189 g/mol. The SMILES string of the molecule is Cc1ccccc1CNC1(C)CCC1. The fourth-order valence-electron chi connectivity index (χ4n) is 2.00. The number of hydrogen-bond donors (Lipinski definition) is 1. The third-order valence-corrected chi connectivity index (χ3v) is 3.42. The van der Waals surface area contributed by atoms with Gasteiger partial charge in [0.25, 0.3) is 0 Å². The zero-order valence-corrected chi connectivity index (χ0v) is 9.14. The van der Waals surface area contributed by atoms with Gasteiger partial charge >= 0.3 is 0 Å². The summed E-state index contributed by atoms with van der Waals surface area (Å²) < 4.78 is 0. The van der Waals surface area contributed by atoms with E-state index >= 15 is 0 Å². The smallest absolute Gasteiger partial charge is 0.0213 e. The zero-order valence-electron chi connectivity index (χ0n) is 9.14. The fourth-order valence-corrected chi connectivity index (χ4v) is 2.00. The van der Waals surface area contributed by atoms with Crippen molar-refractivity contribution in [1.29, 1.82) is 0 Å². The van der Waals surface area contributed by atoms with E-state index in [0.717, 1.165) is 6.54 Å². The molecule has 0 bridgehead atoms. The molecule has 1 saturated carbocycles. The van der Waals surface area contributed by atoms with Gasteiger partial charge in [0.2, 0.25) is 0 Å². The molecule has 1 aromatic carbocycles. The lowest BCUT2D eigenvalue weighted by Gasteiger charge is -2.39. The summed E-state index contributed by atoms with van der Waals surface area (Å²) in [6, 6.07) is 8.61. The average Bonchev–Trinajstić information content (AvgIpc) is 2.14. The summed E-state index contributed by atoms with van der Waals surface area (Å²) in [5.41, 5.74) is 3.24. The molecule has 0 amide bonds. The Kier molecular flexibility index (Phi) is 2.60. The van der Waals surface area contributed by atoms with Crippen molar-refractivity contribution in [1.82, 2.24) is 5.32 Å². The minimum Gasteiger partial charge on any atom is -0.307 e. The lowest BCUT2D eigenvalue weighted by molar-refractivity contribution is 0.206.